The SMILES string of the molecule is Cc1ccccc1OCCCn1cc(/C=C2\SC(=O)N(CC(=O)N3CCOCC3)C2=O)c2ccccc21. The van der Waals surface area contributed by atoms with E-state index in [-0.39, 0.29) is 12.5 Å². The summed E-state index contributed by atoms with van der Waals surface area (Å²) in [4.78, 5) is 41.3. The lowest BCUT2D eigenvalue weighted by Gasteiger charge is -2.28. The maximum atomic E-state index is 13.1. The van der Waals surface area contributed by atoms with E-state index in [1.54, 1.807) is 11.0 Å². The van der Waals surface area contributed by atoms with Gasteiger partial charge in [0.05, 0.1) is 24.7 Å². The van der Waals surface area contributed by atoms with Crippen molar-refractivity contribution < 1.29 is 23.9 Å². The predicted octanol–water partition coefficient (Wildman–Crippen LogP) is 4.31. The Labute approximate surface area is 219 Å². The quantitative estimate of drug-likeness (QED) is 0.326. The summed E-state index contributed by atoms with van der Waals surface area (Å²) >= 11 is 0.877. The molecule has 2 aliphatic rings. The van der Waals surface area contributed by atoms with Crippen LogP contribution >= 0.6 is 11.8 Å². The number of aryl methyl sites for hydroxylation is 2. The maximum absolute atomic E-state index is 13.1. The Bertz CT molecular complexity index is 1360. The molecule has 8 nitrogen and oxygen atoms in total. The summed E-state index contributed by atoms with van der Waals surface area (Å²) in [5, 5.41) is 0.577. The first kappa shape index (κ1) is 25.1. The van der Waals surface area contributed by atoms with Gasteiger partial charge in [-0.3, -0.25) is 19.3 Å². The van der Waals surface area contributed by atoms with Crippen molar-refractivity contribution in [2.45, 2.75) is 19.9 Å². The van der Waals surface area contributed by atoms with Gasteiger partial charge in [0.2, 0.25) is 5.91 Å². The number of amides is 3. The number of thioether (sulfide) groups is 1. The normalized spacial score (nSPS) is 17.3. The van der Waals surface area contributed by atoms with Gasteiger partial charge in [-0.1, -0.05) is 36.4 Å². The highest BCUT2D eigenvalue weighted by Gasteiger charge is 2.37. The van der Waals surface area contributed by atoms with E-state index in [1.807, 2.05) is 61.7 Å². The van der Waals surface area contributed by atoms with Gasteiger partial charge in [0.15, 0.2) is 0 Å². The van der Waals surface area contributed by atoms with Gasteiger partial charge in [0.1, 0.15) is 12.3 Å². The summed E-state index contributed by atoms with van der Waals surface area (Å²) in [7, 11) is 0. The Kier molecular flexibility index (Phi) is 7.62. The third-order valence-electron chi connectivity index (χ3n) is 6.53. The van der Waals surface area contributed by atoms with Crippen LogP contribution in [0.25, 0.3) is 17.0 Å². The second-order valence-electron chi connectivity index (χ2n) is 9.02. The summed E-state index contributed by atoms with van der Waals surface area (Å²) < 4.78 is 13.4. The largest absolute Gasteiger partial charge is 0.493 e. The summed E-state index contributed by atoms with van der Waals surface area (Å²) in [5.74, 6) is 0.222. The number of para-hydroxylation sites is 2. The Balaban J connectivity index is 1.28. The van der Waals surface area contributed by atoms with Crippen LogP contribution in [-0.4, -0.2) is 70.9 Å². The lowest BCUT2D eigenvalue weighted by atomic mass is 10.1. The van der Waals surface area contributed by atoms with E-state index in [1.165, 1.54) is 0 Å². The topological polar surface area (TPSA) is 81.1 Å². The maximum Gasteiger partial charge on any atom is 0.294 e. The molecular weight excluding hydrogens is 490 g/mol. The Morgan fingerprint density at radius 3 is 2.65 bits per heavy atom. The number of aromatic nitrogens is 1. The molecule has 0 spiro atoms. The fraction of sp³-hybridized carbons (Fsp3) is 0.321. The molecule has 0 bridgehead atoms. The van der Waals surface area contributed by atoms with E-state index in [4.69, 9.17) is 9.47 Å². The molecule has 9 heteroatoms. The number of carbonyl (C=O) groups is 3. The average molecular weight is 520 g/mol. The number of morpholine rings is 1. The van der Waals surface area contributed by atoms with Crippen LogP contribution in [0.15, 0.2) is 59.6 Å². The van der Waals surface area contributed by atoms with Crippen molar-refractivity contribution in [2.24, 2.45) is 0 Å². The smallest absolute Gasteiger partial charge is 0.294 e. The molecule has 3 amide bonds. The molecule has 0 unspecified atom stereocenters. The zero-order valence-electron chi connectivity index (χ0n) is 20.7. The molecule has 0 saturated carbocycles. The Hall–Kier alpha value is -3.56. The second kappa shape index (κ2) is 11.2. The Morgan fingerprint density at radius 2 is 1.84 bits per heavy atom. The molecule has 37 heavy (non-hydrogen) atoms. The minimum Gasteiger partial charge on any atom is -0.493 e. The first-order valence-electron chi connectivity index (χ1n) is 12.4. The number of ether oxygens (including phenoxy) is 2. The first-order chi connectivity index (χ1) is 18.0. The second-order valence-corrected chi connectivity index (χ2v) is 10.0. The van der Waals surface area contributed by atoms with Gasteiger partial charge in [-0.25, -0.2) is 0 Å². The highest BCUT2D eigenvalue weighted by molar-refractivity contribution is 8.18. The van der Waals surface area contributed by atoms with Crippen molar-refractivity contribution in [1.82, 2.24) is 14.4 Å². The lowest BCUT2D eigenvalue weighted by Crippen LogP contribution is -2.46. The average Bonchev–Trinajstić information content (AvgIpc) is 3.40. The van der Waals surface area contributed by atoms with Crippen molar-refractivity contribution in [3.63, 3.8) is 0 Å². The van der Waals surface area contributed by atoms with Crippen molar-refractivity contribution in [3.05, 3.63) is 70.8 Å². The number of benzene rings is 2. The number of hydrogen-bond acceptors (Lipinski definition) is 6. The molecule has 0 N–H and O–H groups in total. The van der Waals surface area contributed by atoms with E-state index in [9.17, 15) is 14.4 Å². The van der Waals surface area contributed by atoms with Crippen LogP contribution in [0.2, 0.25) is 0 Å². The van der Waals surface area contributed by atoms with Crippen LogP contribution in [0.5, 0.6) is 5.75 Å². The van der Waals surface area contributed by atoms with Gasteiger partial charge in [0.25, 0.3) is 11.1 Å². The van der Waals surface area contributed by atoms with Gasteiger partial charge in [0, 0.05) is 42.3 Å². The van der Waals surface area contributed by atoms with Crippen molar-refractivity contribution in [1.29, 1.82) is 0 Å². The summed E-state index contributed by atoms with van der Waals surface area (Å²) in [6.07, 6.45) is 4.57. The summed E-state index contributed by atoms with van der Waals surface area (Å²) in [6.45, 7) is 5.00. The third kappa shape index (κ3) is 5.57. The molecule has 2 aliphatic heterocycles. The zero-order valence-corrected chi connectivity index (χ0v) is 21.5. The highest BCUT2D eigenvalue weighted by Crippen LogP contribution is 2.34. The standard InChI is InChI=1S/C28H29N3O5S/c1-20-7-2-5-10-24(20)36-14-6-11-30-18-21(22-8-3-4-9-23(22)30)17-25-27(33)31(28(34)37-25)19-26(32)29-12-15-35-16-13-29/h2-5,7-10,17-18H,6,11-16,19H2,1H3/b25-17-. The van der Waals surface area contributed by atoms with Gasteiger partial charge in [-0.05, 0) is 48.9 Å². The third-order valence-corrected chi connectivity index (χ3v) is 7.44. The Morgan fingerprint density at radius 1 is 1.08 bits per heavy atom. The molecule has 5 rings (SSSR count). The van der Waals surface area contributed by atoms with Crippen molar-refractivity contribution in [2.75, 3.05) is 39.5 Å². The molecule has 2 saturated heterocycles. The van der Waals surface area contributed by atoms with Gasteiger partial charge < -0.3 is 18.9 Å². The molecule has 2 fully saturated rings. The van der Waals surface area contributed by atoms with Crippen LogP contribution in [-0.2, 0) is 20.9 Å². The fourth-order valence-electron chi connectivity index (χ4n) is 4.54. The molecule has 0 atom stereocenters. The molecule has 1 aromatic heterocycles. The molecule has 192 valence electrons. The van der Waals surface area contributed by atoms with Crippen LogP contribution in [0.3, 0.4) is 0 Å². The number of nitrogens with zero attached hydrogens (tertiary/aromatic N) is 3. The van der Waals surface area contributed by atoms with E-state index >= 15 is 0 Å². The zero-order chi connectivity index (χ0) is 25.8. The minimum absolute atomic E-state index is 0.239. The monoisotopic (exact) mass is 519 g/mol. The van der Waals surface area contributed by atoms with Crippen LogP contribution < -0.4 is 4.74 Å². The van der Waals surface area contributed by atoms with Gasteiger partial charge >= 0.3 is 0 Å². The molecular formula is C28H29N3O5S. The summed E-state index contributed by atoms with van der Waals surface area (Å²) in [5.41, 5.74) is 3.02. The van der Waals surface area contributed by atoms with Gasteiger partial charge in [-0.2, -0.15) is 0 Å². The van der Waals surface area contributed by atoms with Crippen molar-refractivity contribution in [3.8, 4) is 5.75 Å². The van der Waals surface area contributed by atoms with E-state index in [2.05, 4.69) is 4.57 Å². The van der Waals surface area contributed by atoms with Crippen LogP contribution in [0, 0.1) is 6.92 Å². The molecule has 0 aliphatic carbocycles. The molecule has 3 aromatic rings. The summed E-state index contributed by atoms with van der Waals surface area (Å²) in [6, 6.07) is 16.0. The van der Waals surface area contributed by atoms with Gasteiger partial charge in [-0.15, -0.1) is 0 Å². The fourth-order valence-corrected chi connectivity index (χ4v) is 5.37. The van der Waals surface area contributed by atoms with E-state index < -0.39 is 11.1 Å². The number of carbonyl (C=O) groups excluding carboxylic acids is 3. The van der Waals surface area contributed by atoms with Crippen LogP contribution in [0.1, 0.15) is 17.5 Å². The number of rotatable bonds is 8. The van der Waals surface area contributed by atoms with Crippen LogP contribution in [0.4, 0.5) is 4.79 Å². The number of imide groups is 1. The molecule has 2 aromatic carbocycles. The molecule has 0 radical (unpaired) electrons. The van der Waals surface area contributed by atoms with E-state index in [0.29, 0.717) is 37.8 Å². The first-order valence-corrected chi connectivity index (χ1v) is 13.2. The van der Waals surface area contributed by atoms with E-state index in [0.717, 1.165) is 57.4 Å². The number of fused-ring (bicyclic) bond motifs is 1. The lowest BCUT2D eigenvalue weighted by molar-refractivity contribution is -0.139. The number of hydrogen-bond donors (Lipinski definition) is 0. The molecule has 3 heterocycles. The van der Waals surface area contributed by atoms with Crippen molar-refractivity contribution >= 4 is 45.8 Å². The predicted molar refractivity (Wildman–Crippen MR) is 143 cm³/mol. The minimum atomic E-state index is -0.430. The highest BCUT2D eigenvalue weighted by atomic mass is 32.2.